The van der Waals surface area contributed by atoms with Crippen LogP contribution in [0.5, 0.6) is 0 Å². The van der Waals surface area contributed by atoms with E-state index in [1.54, 1.807) is 6.07 Å². The van der Waals surface area contributed by atoms with Crippen molar-refractivity contribution in [2.75, 3.05) is 27.2 Å². The Balaban J connectivity index is 1.69. The lowest BCUT2D eigenvalue weighted by Crippen LogP contribution is -2.41. The van der Waals surface area contributed by atoms with Gasteiger partial charge in [-0.2, -0.15) is 0 Å². The number of piperidine rings is 1. The number of imidazole rings is 1. The van der Waals surface area contributed by atoms with Crippen molar-refractivity contribution in [1.29, 1.82) is 0 Å². The molecule has 0 atom stereocenters. The van der Waals surface area contributed by atoms with Gasteiger partial charge in [0.25, 0.3) is 0 Å². The van der Waals surface area contributed by atoms with Crippen LogP contribution in [0.25, 0.3) is 11.0 Å². The topological polar surface area (TPSA) is 35.2 Å². The van der Waals surface area contributed by atoms with Crippen LogP contribution in [0.1, 0.15) is 18.7 Å². The highest BCUT2D eigenvalue weighted by Crippen LogP contribution is 2.18. The van der Waals surface area contributed by atoms with E-state index in [0.29, 0.717) is 6.04 Å². The van der Waals surface area contributed by atoms with Crippen LogP contribution in [0.2, 0.25) is 0 Å². The van der Waals surface area contributed by atoms with Gasteiger partial charge in [0.2, 0.25) is 0 Å². The van der Waals surface area contributed by atoms with Gasteiger partial charge in [0.05, 0.1) is 17.6 Å². The number of hydrogen-bond donors (Lipinski definition) is 1. The highest BCUT2D eigenvalue weighted by molar-refractivity contribution is 5.74. The molecule has 0 aliphatic carbocycles. The summed E-state index contributed by atoms with van der Waals surface area (Å²) in [7, 11) is 4.31. The molecule has 1 fully saturated rings. The van der Waals surface area contributed by atoms with E-state index >= 15 is 0 Å². The summed E-state index contributed by atoms with van der Waals surface area (Å²) in [5.74, 6) is 0.684. The molecule has 0 unspecified atom stereocenters. The van der Waals surface area contributed by atoms with Gasteiger partial charge in [-0.3, -0.25) is 4.90 Å². The fraction of sp³-hybridized carbons (Fsp3) is 0.533. The Labute approximate surface area is 118 Å². The van der Waals surface area contributed by atoms with E-state index in [4.69, 9.17) is 0 Å². The molecular weight excluding hydrogens is 255 g/mol. The quantitative estimate of drug-likeness (QED) is 0.933. The summed E-state index contributed by atoms with van der Waals surface area (Å²) >= 11 is 0. The summed E-state index contributed by atoms with van der Waals surface area (Å²) in [6.07, 6.45) is 2.39. The number of H-pyrrole nitrogens is 1. The lowest BCUT2D eigenvalue weighted by atomic mass is 10.0. The summed E-state index contributed by atoms with van der Waals surface area (Å²) < 4.78 is 13.2. The number of aromatic nitrogens is 2. The standard InChI is InChI=1S/C15H21FN4/c1-19-7-5-12(6-8-19)20(2)10-15-17-13-4-3-11(16)9-14(13)18-15/h3-4,9,12H,5-8,10H2,1-2H3,(H,17,18). The zero-order valence-corrected chi connectivity index (χ0v) is 12.1. The molecule has 1 aromatic heterocycles. The summed E-state index contributed by atoms with van der Waals surface area (Å²) in [6.45, 7) is 3.09. The second-order valence-electron chi connectivity index (χ2n) is 5.79. The Morgan fingerprint density at radius 3 is 2.90 bits per heavy atom. The van der Waals surface area contributed by atoms with Crippen molar-refractivity contribution in [2.24, 2.45) is 0 Å². The Morgan fingerprint density at radius 1 is 1.40 bits per heavy atom. The molecule has 1 aromatic carbocycles. The number of fused-ring (bicyclic) bond motifs is 1. The number of benzene rings is 1. The molecule has 4 nitrogen and oxygen atoms in total. The molecule has 108 valence electrons. The zero-order valence-electron chi connectivity index (χ0n) is 12.1. The van der Waals surface area contributed by atoms with Crippen molar-refractivity contribution < 1.29 is 4.39 Å². The van der Waals surface area contributed by atoms with Crippen molar-refractivity contribution >= 4 is 11.0 Å². The van der Waals surface area contributed by atoms with Crippen LogP contribution in [-0.2, 0) is 6.54 Å². The summed E-state index contributed by atoms with van der Waals surface area (Å²) in [4.78, 5) is 12.5. The van der Waals surface area contributed by atoms with Crippen molar-refractivity contribution in [1.82, 2.24) is 19.8 Å². The average Bonchev–Trinajstić information content (AvgIpc) is 2.80. The summed E-state index contributed by atoms with van der Waals surface area (Å²) in [6, 6.07) is 5.28. The van der Waals surface area contributed by atoms with E-state index in [0.717, 1.165) is 36.5 Å². The lowest BCUT2D eigenvalue weighted by Gasteiger charge is -2.34. The maximum Gasteiger partial charge on any atom is 0.125 e. The van der Waals surface area contributed by atoms with Crippen LogP contribution in [-0.4, -0.2) is 53.0 Å². The second-order valence-corrected chi connectivity index (χ2v) is 5.79. The van der Waals surface area contributed by atoms with Gasteiger partial charge in [-0.1, -0.05) is 0 Å². The minimum Gasteiger partial charge on any atom is -0.341 e. The van der Waals surface area contributed by atoms with Gasteiger partial charge in [0.1, 0.15) is 11.6 Å². The third-order valence-corrected chi connectivity index (χ3v) is 4.20. The zero-order chi connectivity index (χ0) is 14.1. The van der Waals surface area contributed by atoms with E-state index in [1.807, 2.05) is 0 Å². The number of halogens is 1. The van der Waals surface area contributed by atoms with Gasteiger partial charge < -0.3 is 9.88 Å². The van der Waals surface area contributed by atoms with Crippen LogP contribution in [0.4, 0.5) is 4.39 Å². The van der Waals surface area contributed by atoms with E-state index in [1.165, 1.54) is 25.0 Å². The molecule has 1 saturated heterocycles. The number of nitrogens with zero attached hydrogens (tertiary/aromatic N) is 3. The van der Waals surface area contributed by atoms with Crippen molar-refractivity contribution in [3.63, 3.8) is 0 Å². The number of likely N-dealkylation sites (tertiary alicyclic amines) is 1. The van der Waals surface area contributed by atoms with E-state index in [9.17, 15) is 4.39 Å². The molecule has 20 heavy (non-hydrogen) atoms. The SMILES string of the molecule is CN1CCC(N(C)Cc2nc3ccc(F)cc3[nH]2)CC1. The average molecular weight is 276 g/mol. The molecule has 2 heterocycles. The third-order valence-electron chi connectivity index (χ3n) is 4.20. The first kappa shape index (κ1) is 13.5. The molecule has 0 amide bonds. The first-order chi connectivity index (χ1) is 9.61. The van der Waals surface area contributed by atoms with Gasteiger partial charge in [0, 0.05) is 6.04 Å². The van der Waals surface area contributed by atoms with Gasteiger partial charge in [0.15, 0.2) is 0 Å². The molecule has 1 N–H and O–H groups in total. The van der Waals surface area contributed by atoms with Gasteiger partial charge >= 0.3 is 0 Å². The molecule has 0 radical (unpaired) electrons. The van der Waals surface area contributed by atoms with Gasteiger partial charge in [-0.05, 0) is 58.2 Å². The Morgan fingerprint density at radius 2 is 2.15 bits per heavy atom. The minimum absolute atomic E-state index is 0.226. The van der Waals surface area contributed by atoms with Crippen LogP contribution < -0.4 is 0 Å². The minimum atomic E-state index is -0.226. The Bertz CT molecular complexity index is 587. The lowest BCUT2D eigenvalue weighted by molar-refractivity contribution is 0.137. The highest BCUT2D eigenvalue weighted by Gasteiger charge is 2.21. The second kappa shape index (κ2) is 5.50. The van der Waals surface area contributed by atoms with Gasteiger partial charge in [-0.25, -0.2) is 9.37 Å². The first-order valence-electron chi connectivity index (χ1n) is 7.15. The maximum absolute atomic E-state index is 13.2. The van der Waals surface area contributed by atoms with Crippen LogP contribution in [0.3, 0.4) is 0 Å². The van der Waals surface area contributed by atoms with Crippen molar-refractivity contribution in [3.05, 3.63) is 29.8 Å². The molecule has 0 bridgehead atoms. The molecule has 3 rings (SSSR count). The smallest absolute Gasteiger partial charge is 0.125 e. The predicted molar refractivity (Wildman–Crippen MR) is 78.0 cm³/mol. The van der Waals surface area contributed by atoms with E-state index in [2.05, 4.69) is 33.9 Å². The molecule has 2 aromatic rings. The van der Waals surface area contributed by atoms with Gasteiger partial charge in [-0.15, -0.1) is 0 Å². The number of aromatic amines is 1. The normalized spacial score (nSPS) is 18.2. The summed E-state index contributed by atoms with van der Waals surface area (Å²) in [5.41, 5.74) is 1.61. The monoisotopic (exact) mass is 276 g/mol. The van der Waals surface area contributed by atoms with Crippen LogP contribution in [0, 0.1) is 5.82 Å². The molecule has 0 saturated carbocycles. The fourth-order valence-corrected chi connectivity index (χ4v) is 2.91. The Hall–Kier alpha value is -1.46. The molecule has 0 spiro atoms. The Kier molecular flexibility index (Phi) is 3.72. The molecule has 1 aliphatic rings. The molecule has 5 heteroatoms. The van der Waals surface area contributed by atoms with Crippen molar-refractivity contribution in [3.8, 4) is 0 Å². The first-order valence-corrected chi connectivity index (χ1v) is 7.15. The van der Waals surface area contributed by atoms with E-state index in [-0.39, 0.29) is 5.82 Å². The van der Waals surface area contributed by atoms with Crippen LogP contribution >= 0.6 is 0 Å². The number of nitrogens with one attached hydrogen (secondary N) is 1. The maximum atomic E-state index is 13.2. The number of hydrogen-bond acceptors (Lipinski definition) is 3. The number of rotatable bonds is 3. The highest BCUT2D eigenvalue weighted by atomic mass is 19.1. The van der Waals surface area contributed by atoms with E-state index < -0.39 is 0 Å². The van der Waals surface area contributed by atoms with Crippen molar-refractivity contribution in [2.45, 2.75) is 25.4 Å². The molecular formula is C15H21FN4. The predicted octanol–water partition coefficient (Wildman–Crippen LogP) is 2.23. The largest absolute Gasteiger partial charge is 0.341 e. The molecule has 1 aliphatic heterocycles. The fourth-order valence-electron chi connectivity index (χ4n) is 2.91. The summed E-state index contributed by atoms with van der Waals surface area (Å²) in [5, 5.41) is 0. The third kappa shape index (κ3) is 2.83. The van der Waals surface area contributed by atoms with Crippen LogP contribution in [0.15, 0.2) is 18.2 Å².